The predicted octanol–water partition coefficient (Wildman–Crippen LogP) is 3.29. The van der Waals surface area contributed by atoms with Crippen molar-refractivity contribution in [2.24, 2.45) is 0 Å². The third-order valence-corrected chi connectivity index (χ3v) is 3.95. The predicted molar refractivity (Wildman–Crippen MR) is 89.4 cm³/mol. The molecular formula is C17H17F3N4O2. The smallest absolute Gasteiger partial charge is 0.422 e. The van der Waals surface area contributed by atoms with Crippen molar-refractivity contribution < 1.29 is 17.9 Å². The summed E-state index contributed by atoms with van der Waals surface area (Å²) in [5, 5.41) is 4.01. The van der Waals surface area contributed by atoms with E-state index in [-0.39, 0.29) is 23.0 Å². The van der Waals surface area contributed by atoms with E-state index in [1.54, 1.807) is 6.92 Å². The van der Waals surface area contributed by atoms with Crippen LogP contribution in [-0.4, -0.2) is 32.5 Å². The van der Waals surface area contributed by atoms with Crippen LogP contribution < -0.4 is 10.3 Å². The van der Waals surface area contributed by atoms with E-state index in [2.05, 4.69) is 15.1 Å². The van der Waals surface area contributed by atoms with Gasteiger partial charge in [-0.1, -0.05) is 29.8 Å². The lowest BCUT2D eigenvalue weighted by atomic mass is 10.1. The van der Waals surface area contributed by atoms with E-state index in [4.69, 9.17) is 4.74 Å². The molecule has 2 heterocycles. The summed E-state index contributed by atoms with van der Waals surface area (Å²) < 4.78 is 43.7. The van der Waals surface area contributed by atoms with Gasteiger partial charge in [-0.2, -0.15) is 13.2 Å². The third-order valence-electron chi connectivity index (χ3n) is 3.95. The molecule has 3 aromatic rings. The minimum absolute atomic E-state index is 0.0983. The highest BCUT2D eigenvalue weighted by molar-refractivity contribution is 5.80. The highest BCUT2D eigenvalue weighted by Crippen LogP contribution is 2.28. The van der Waals surface area contributed by atoms with E-state index in [0.29, 0.717) is 5.82 Å². The van der Waals surface area contributed by atoms with Crippen molar-refractivity contribution in [2.75, 3.05) is 6.61 Å². The highest BCUT2D eigenvalue weighted by atomic mass is 19.4. The average molecular weight is 366 g/mol. The van der Waals surface area contributed by atoms with E-state index in [0.717, 1.165) is 11.1 Å². The lowest BCUT2D eigenvalue weighted by Crippen LogP contribution is -2.20. The van der Waals surface area contributed by atoms with Crippen molar-refractivity contribution in [3.05, 3.63) is 51.6 Å². The van der Waals surface area contributed by atoms with Crippen molar-refractivity contribution in [2.45, 2.75) is 33.0 Å². The van der Waals surface area contributed by atoms with Gasteiger partial charge in [0.15, 0.2) is 12.3 Å². The van der Waals surface area contributed by atoms with Gasteiger partial charge in [-0.05, 0) is 26.3 Å². The van der Waals surface area contributed by atoms with Crippen molar-refractivity contribution in [3.63, 3.8) is 0 Å². The SMILES string of the molecule is Cc1ccc([C@H](C)n2nc(OCC(F)(F)F)c3c(=O)[nH]c(C)nc32)cc1. The molecular weight excluding hydrogens is 349 g/mol. The third kappa shape index (κ3) is 3.56. The van der Waals surface area contributed by atoms with Crippen molar-refractivity contribution >= 4 is 11.0 Å². The molecule has 0 amide bonds. The molecule has 1 aromatic carbocycles. The first-order valence-electron chi connectivity index (χ1n) is 7.91. The van der Waals surface area contributed by atoms with Crippen LogP contribution in [-0.2, 0) is 0 Å². The molecule has 6 nitrogen and oxygen atoms in total. The van der Waals surface area contributed by atoms with Gasteiger partial charge in [0.1, 0.15) is 11.2 Å². The molecule has 138 valence electrons. The zero-order valence-corrected chi connectivity index (χ0v) is 14.4. The Morgan fingerprint density at radius 1 is 1.23 bits per heavy atom. The summed E-state index contributed by atoms with van der Waals surface area (Å²) in [5.41, 5.74) is 1.54. The zero-order chi connectivity index (χ0) is 19.1. The number of nitrogens with zero attached hydrogens (tertiary/aromatic N) is 3. The molecule has 0 saturated carbocycles. The fraction of sp³-hybridized carbons (Fsp3) is 0.353. The van der Waals surface area contributed by atoms with E-state index >= 15 is 0 Å². The molecule has 26 heavy (non-hydrogen) atoms. The average Bonchev–Trinajstić information content (AvgIpc) is 2.91. The molecule has 0 radical (unpaired) electrons. The van der Waals surface area contributed by atoms with Gasteiger partial charge < -0.3 is 9.72 Å². The van der Waals surface area contributed by atoms with E-state index in [1.807, 2.05) is 38.1 Å². The van der Waals surface area contributed by atoms with Gasteiger partial charge in [0.2, 0.25) is 5.88 Å². The van der Waals surface area contributed by atoms with Crippen molar-refractivity contribution in [1.29, 1.82) is 0 Å². The Labute approximate surface area is 146 Å². The van der Waals surface area contributed by atoms with E-state index < -0.39 is 18.3 Å². The van der Waals surface area contributed by atoms with Crippen LogP contribution in [0.4, 0.5) is 13.2 Å². The Hall–Kier alpha value is -2.84. The number of benzene rings is 1. The van der Waals surface area contributed by atoms with Crippen LogP contribution in [0.2, 0.25) is 0 Å². The van der Waals surface area contributed by atoms with Crippen molar-refractivity contribution in [1.82, 2.24) is 19.7 Å². The first-order valence-corrected chi connectivity index (χ1v) is 7.91. The van der Waals surface area contributed by atoms with Gasteiger partial charge in [0.25, 0.3) is 5.56 Å². The molecule has 0 fully saturated rings. The summed E-state index contributed by atoms with van der Waals surface area (Å²) >= 11 is 0. The molecule has 0 spiro atoms. The van der Waals surface area contributed by atoms with Crippen LogP contribution in [0.15, 0.2) is 29.1 Å². The summed E-state index contributed by atoms with van der Waals surface area (Å²) in [4.78, 5) is 19.0. The van der Waals surface area contributed by atoms with Crippen LogP contribution in [0.1, 0.15) is 29.9 Å². The number of aromatic amines is 1. The van der Waals surface area contributed by atoms with Gasteiger partial charge >= 0.3 is 6.18 Å². The Morgan fingerprint density at radius 2 is 1.88 bits per heavy atom. The van der Waals surface area contributed by atoms with Crippen LogP contribution >= 0.6 is 0 Å². The molecule has 0 saturated heterocycles. The number of halogens is 3. The number of hydrogen-bond donors (Lipinski definition) is 1. The molecule has 3 rings (SSSR count). The van der Waals surface area contributed by atoms with Gasteiger partial charge in [0.05, 0.1) is 6.04 Å². The number of alkyl halides is 3. The maximum absolute atomic E-state index is 12.5. The standard InChI is InChI=1S/C17H17F3N4O2/c1-9-4-6-12(7-5-9)10(2)24-14-13(15(25)22-11(3)21-14)16(23-24)26-8-17(18,19)20/h4-7,10H,8H2,1-3H3,(H,21,22,25)/t10-/m0/s1. The van der Waals surface area contributed by atoms with Gasteiger partial charge in [-0.15, -0.1) is 5.10 Å². The van der Waals surface area contributed by atoms with Gasteiger partial charge in [0, 0.05) is 0 Å². The lowest BCUT2D eigenvalue weighted by molar-refractivity contribution is -0.153. The summed E-state index contributed by atoms with van der Waals surface area (Å²) in [5.74, 6) is -0.0489. The first kappa shape index (κ1) is 18.0. The zero-order valence-electron chi connectivity index (χ0n) is 14.4. The quantitative estimate of drug-likeness (QED) is 0.769. The fourth-order valence-corrected chi connectivity index (χ4v) is 2.63. The number of fused-ring (bicyclic) bond motifs is 1. The topological polar surface area (TPSA) is 72.8 Å². The first-order chi connectivity index (χ1) is 12.2. The van der Waals surface area contributed by atoms with Crippen LogP contribution in [0.3, 0.4) is 0 Å². The molecule has 0 bridgehead atoms. The largest absolute Gasteiger partial charge is 0.466 e. The minimum atomic E-state index is -4.54. The molecule has 1 N–H and O–H groups in total. The Balaban J connectivity index is 2.12. The molecule has 0 unspecified atom stereocenters. The van der Waals surface area contributed by atoms with Crippen LogP contribution in [0.5, 0.6) is 5.88 Å². The second-order valence-corrected chi connectivity index (χ2v) is 6.09. The highest BCUT2D eigenvalue weighted by Gasteiger charge is 2.30. The molecule has 0 aliphatic rings. The maximum Gasteiger partial charge on any atom is 0.422 e. The number of rotatable bonds is 4. The molecule has 9 heteroatoms. The molecule has 2 aromatic heterocycles. The van der Waals surface area contributed by atoms with Crippen LogP contribution in [0.25, 0.3) is 11.0 Å². The number of nitrogens with one attached hydrogen (secondary N) is 1. The number of aromatic nitrogens is 4. The number of hydrogen-bond acceptors (Lipinski definition) is 4. The molecule has 0 aliphatic heterocycles. The van der Waals surface area contributed by atoms with Gasteiger partial charge in [-0.25, -0.2) is 9.67 Å². The Kier molecular flexibility index (Phi) is 4.47. The number of aryl methyl sites for hydroxylation is 2. The fourth-order valence-electron chi connectivity index (χ4n) is 2.63. The van der Waals surface area contributed by atoms with Crippen molar-refractivity contribution in [3.8, 4) is 5.88 Å². The Morgan fingerprint density at radius 3 is 2.50 bits per heavy atom. The monoisotopic (exact) mass is 366 g/mol. The lowest BCUT2D eigenvalue weighted by Gasteiger charge is -2.13. The minimum Gasteiger partial charge on any atom is -0.466 e. The summed E-state index contributed by atoms with van der Waals surface area (Å²) in [6.07, 6.45) is -4.54. The normalized spacial score (nSPS) is 13.2. The second-order valence-electron chi connectivity index (χ2n) is 6.09. The second kappa shape index (κ2) is 6.47. The number of ether oxygens (including phenoxy) is 1. The van der Waals surface area contributed by atoms with E-state index in [1.165, 1.54) is 4.68 Å². The molecule has 0 aliphatic carbocycles. The number of H-pyrrole nitrogens is 1. The van der Waals surface area contributed by atoms with Gasteiger partial charge in [-0.3, -0.25) is 4.79 Å². The van der Waals surface area contributed by atoms with Crippen LogP contribution in [0, 0.1) is 13.8 Å². The maximum atomic E-state index is 12.5. The van der Waals surface area contributed by atoms with E-state index in [9.17, 15) is 18.0 Å². The summed E-state index contributed by atoms with van der Waals surface area (Å²) in [7, 11) is 0. The Bertz CT molecular complexity index is 990. The summed E-state index contributed by atoms with van der Waals surface area (Å²) in [6.45, 7) is 3.82. The summed E-state index contributed by atoms with van der Waals surface area (Å²) in [6, 6.07) is 7.27. The molecule has 1 atom stereocenters.